The van der Waals surface area contributed by atoms with Gasteiger partial charge in [-0.1, -0.05) is 31.9 Å². The Morgan fingerprint density at radius 2 is 2.12 bits per heavy atom. The summed E-state index contributed by atoms with van der Waals surface area (Å²) >= 11 is 2.40. The van der Waals surface area contributed by atoms with Crippen LogP contribution in [0.4, 0.5) is 0 Å². The lowest BCUT2D eigenvalue weighted by molar-refractivity contribution is 0.374. The summed E-state index contributed by atoms with van der Waals surface area (Å²) in [7, 11) is 0. The topological polar surface area (TPSA) is 12.0 Å². The van der Waals surface area contributed by atoms with Crippen molar-refractivity contribution in [2.75, 3.05) is 6.54 Å². The molecule has 1 atom stereocenters. The molecule has 0 saturated heterocycles. The smallest absolute Gasteiger partial charge is 0.0348 e. The molecule has 1 fully saturated rings. The second kappa shape index (κ2) is 6.01. The van der Waals surface area contributed by atoms with E-state index < -0.39 is 0 Å². The molecular formula is C14H20IN. The summed E-state index contributed by atoms with van der Waals surface area (Å²) in [6, 6.07) is 9.51. The zero-order valence-electron chi connectivity index (χ0n) is 9.88. The number of benzene rings is 1. The Balaban J connectivity index is 2.17. The van der Waals surface area contributed by atoms with Crippen LogP contribution in [0.3, 0.4) is 0 Å². The quantitative estimate of drug-likeness (QED) is 0.819. The predicted octanol–water partition coefficient (Wildman–Crippen LogP) is 4.13. The van der Waals surface area contributed by atoms with Crippen LogP contribution in [0.15, 0.2) is 24.3 Å². The maximum atomic E-state index is 3.66. The van der Waals surface area contributed by atoms with Crippen molar-refractivity contribution < 1.29 is 0 Å². The average Bonchev–Trinajstić information content (AvgIpc) is 2.79. The molecule has 2 heteroatoms. The van der Waals surface area contributed by atoms with Gasteiger partial charge in [-0.3, -0.25) is 0 Å². The van der Waals surface area contributed by atoms with Crippen LogP contribution in [-0.4, -0.2) is 6.54 Å². The molecule has 0 aliphatic heterocycles. The molecule has 1 saturated carbocycles. The second-order valence-electron chi connectivity index (χ2n) is 4.63. The lowest BCUT2D eigenvalue weighted by atomic mass is 9.91. The van der Waals surface area contributed by atoms with Gasteiger partial charge in [0.1, 0.15) is 0 Å². The van der Waals surface area contributed by atoms with E-state index >= 15 is 0 Å². The molecule has 0 radical (unpaired) electrons. The zero-order chi connectivity index (χ0) is 11.4. The van der Waals surface area contributed by atoms with E-state index in [4.69, 9.17) is 0 Å². The van der Waals surface area contributed by atoms with E-state index in [0.29, 0.717) is 6.04 Å². The SMILES string of the molecule is CCNC(c1cccc(I)c1)C1CCCC1. The second-order valence-corrected chi connectivity index (χ2v) is 5.88. The van der Waals surface area contributed by atoms with Gasteiger partial charge < -0.3 is 5.32 Å². The predicted molar refractivity (Wildman–Crippen MR) is 77.5 cm³/mol. The third kappa shape index (κ3) is 2.98. The third-order valence-electron chi connectivity index (χ3n) is 3.50. The van der Waals surface area contributed by atoms with E-state index in [9.17, 15) is 0 Å². The molecule has 1 N–H and O–H groups in total. The van der Waals surface area contributed by atoms with Gasteiger partial charge in [-0.25, -0.2) is 0 Å². The van der Waals surface area contributed by atoms with E-state index in [1.807, 2.05) is 0 Å². The molecule has 0 bridgehead atoms. The number of hydrogen-bond acceptors (Lipinski definition) is 1. The summed E-state index contributed by atoms with van der Waals surface area (Å²) in [5.74, 6) is 0.846. The van der Waals surface area contributed by atoms with Crippen molar-refractivity contribution in [3.05, 3.63) is 33.4 Å². The van der Waals surface area contributed by atoms with E-state index in [1.54, 1.807) is 0 Å². The van der Waals surface area contributed by atoms with Crippen LogP contribution in [0.2, 0.25) is 0 Å². The first-order chi connectivity index (χ1) is 7.81. The highest BCUT2D eigenvalue weighted by Gasteiger charge is 2.25. The molecule has 1 aromatic carbocycles. The molecule has 1 aliphatic rings. The maximum Gasteiger partial charge on any atom is 0.0348 e. The molecule has 1 aliphatic carbocycles. The Kier molecular flexibility index (Phi) is 4.65. The summed E-state index contributed by atoms with van der Waals surface area (Å²) in [6.07, 6.45) is 5.61. The summed E-state index contributed by atoms with van der Waals surface area (Å²) in [5.41, 5.74) is 1.47. The van der Waals surface area contributed by atoms with Crippen molar-refractivity contribution in [3.8, 4) is 0 Å². The van der Waals surface area contributed by atoms with Gasteiger partial charge in [-0.05, 0) is 65.6 Å². The van der Waals surface area contributed by atoms with Crippen LogP contribution in [0.5, 0.6) is 0 Å². The standard InChI is InChI=1S/C14H20IN/c1-2-16-14(11-6-3-4-7-11)12-8-5-9-13(15)10-12/h5,8-11,14,16H,2-4,6-7H2,1H3. The number of hydrogen-bond donors (Lipinski definition) is 1. The van der Waals surface area contributed by atoms with Crippen molar-refractivity contribution in [3.63, 3.8) is 0 Å². The zero-order valence-corrected chi connectivity index (χ0v) is 12.0. The van der Waals surface area contributed by atoms with E-state index in [1.165, 1.54) is 34.8 Å². The van der Waals surface area contributed by atoms with Crippen molar-refractivity contribution in [1.29, 1.82) is 0 Å². The Hall–Kier alpha value is -0.0900. The van der Waals surface area contributed by atoms with Gasteiger partial charge in [0.2, 0.25) is 0 Å². The molecule has 0 spiro atoms. The van der Waals surface area contributed by atoms with E-state index in [-0.39, 0.29) is 0 Å². The Labute approximate surface area is 112 Å². The number of halogens is 1. The van der Waals surface area contributed by atoms with Crippen molar-refractivity contribution >= 4 is 22.6 Å². The summed E-state index contributed by atoms with van der Waals surface area (Å²) in [4.78, 5) is 0. The molecule has 0 aromatic heterocycles. The number of rotatable bonds is 4. The maximum absolute atomic E-state index is 3.66. The fourth-order valence-corrected chi connectivity index (χ4v) is 3.33. The first-order valence-corrected chi connectivity index (χ1v) is 7.38. The largest absolute Gasteiger partial charge is 0.310 e. The Morgan fingerprint density at radius 3 is 2.75 bits per heavy atom. The van der Waals surface area contributed by atoms with E-state index in [2.05, 4.69) is 59.1 Å². The van der Waals surface area contributed by atoms with Gasteiger partial charge in [0.15, 0.2) is 0 Å². The minimum Gasteiger partial charge on any atom is -0.310 e. The minimum atomic E-state index is 0.571. The lowest BCUT2D eigenvalue weighted by Crippen LogP contribution is -2.26. The number of nitrogens with one attached hydrogen (secondary N) is 1. The summed E-state index contributed by atoms with van der Waals surface area (Å²) < 4.78 is 1.34. The first kappa shape index (κ1) is 12.4. The highest BCUT2D eigenvalue weighted by molar-refractivity contribution is 14.1. The highest BCUT2D eigenvalue weighted by atomic mass is 127. The van der Waals surface area contributed by atoms with Gasteiger partial charge in [-0.15, -0.1) is 0 Å². The normalized spacial score (nSPS) is 18.9. The molecule has 1 unspecified atom stereocenters. The van der Waals surface area contributed by atoms with Gasteiger partial charge in [0.05, 0.1) is 0 Å². The molecule has 1 aromatic rings. The van der Waals surface area contributed by atoms with E-state index in [0.717, 1.165) is 12.5 Å². The fraction of sp³-hybridized carbons (Fsp3) is 0.571. The average molecular weight is 329 g/mol. The molecule has 16 heavy (non-hydrogen) atoms. The Morgan fingerprint density at radius 1 is 1.38 bits per heavy atom. The fourth-order valence-electron chi connectivity index (χ4n) is 2.77. The lowest BCUT2D eigenvalue weighted by Gasteiger charge is -2.25. The molecule has 2 rings (SSSR count). The van der Waals surface area contributed by atoms with Gasteiger partial charge in [-0.2, -0.15) is 0 Å². The molecule has 0 heterocycles. The monoisotopic (exact) mass is 329 g/mol. The van der Waals surface area contributed by atoms with Crippen LogP contribution >= 0.6 is 22.6 Å². The Bertz CT molecular complexity index is 331. The first-order valence-electron chi connectivity index (χ1n) is 6.30. The van der Waals surface area contributed by atoms with Gasteiger partial charge >= 0.3 is 0 Å². The summed E-state index contributed by atoms with van der Waals surface area (Å²) in [6.45, 7) is 3.27. The van der Waals surface area contributed by atoms with Crippen LogP contribution in [0, 0.1) is 9.49 Å². The van der Waals surface area contributed by atoms with Crippen molar-refractivity contribution in [2.45, 2.75) is 38.6 Å². The van der Waals surface area contributed by atoms with Crippen molar-refractivity contribution in [1.82, 2.24) is 5.32 Å². The van der Waals surface area contributed by atoms with Crippen LogP contribution in [-0.2, 0) is 0 Å². The molecule has 1 nitrogen and oxygen atoms in total. The van der Waals surface area contributed by atoms with Crippen LogP contribution in [0.1, 0.15) is 44.2 Å². The van der Waals surface area contributed by atoms with Gasteiger partial charge in [0.25, 0.3) is 0 Å². The van der Waals surface area contributed by atoms with Crippen LogP contribution in [0.25, 0.3) is 0 Å². The molecule has 88 valence electrons. The van der Waals surface area contributed by atoms with Crippen molar-refractivity contribution in [2.24, 2.45) is 5.92 Å². The third-order valence-corrected chi connectivity index (χ3v) is 4.17. The summed E-state index contributed by atoms with van der Waals surface area (Å²) in [5, 5.41) is 3.66. The van der Waals surface area contributed by atoms with Crippen LogP contribution < -0.4 is 5.32 Å². The molecule has 0 amide bonds. The highest BCUT2D eigenvalue weighted by Crippen LogP contribution is 2.35. The molecular weight excluding hydrogens is 309 g/mol. The minimum absolute atomic E-state index is 0.571. The van der Waals surface area contributed by atoms with Gasteiger partial charge in [0, 0.05) is 9.61 Å².